The van der Waals surface area contributed by atoms with E-state index in [9.17, 15) is 9.18 Å². The number of hydrogen-bond acceptors (Lipinski definition) is 5. The summed E-state index contributed by atoms with van der Waals surface area (Å²) in [7, 11) is 0. The van der Waals surface area contributed by atoms with Crippen LogP contribution in [0.25, 0.3) is 22.8 Å². The number of amides is 1. The van der Waals surface area contributed by atoms with E-state index in [0.717, 1.165) is 0 Å². The van der Waals surface area contributed by atoms with Crippen LogP contribution in [-0.2, 0) is 0 Å². The number of rotatable bonds is 6. The molecule has 0 aliphatic heterocycles. The first-order valence-corrected chi connectivity index (χ1v) is 9.38. The van der Waals surface area contributed by atoms with Crippen LogP contribution in [0, 0.1) is 5.82 Å². The monoisotopic (exact) mass is 403 g/mol. The van der Waals surface area contributed by atoms with Gasteiger partial charge in [-0.1, -0.05) is 41.6 Å². The van der Waals surface area contributed by atoms with Crippen molar-refractivity contribution in [3.05, 3.63) is 84.2 Å². The first-order valence-electron chi connectivity index (χ1n) is 9.38. The molecule has 0 saturated carbocycles. The molecular formula is C23H18FN3O3. The maximum absolute atomic E-state index is 14.0. The van der Waals surface area contributed by atoms with Crippen LogP contribution in [0.15, 0.2) is 77.3 Å². The summed E-state index contributed by atoms with van der Waals surface area (Å²) in [6, 6.07) is 20.2. The van der Waals surface area contributed by atoms with E-state index in [4.69, 9.17) is 9.26 Å². The standard InChI is InChI=1S/C23H18FN3O3/c1-2-29-20-14-8-7-13-19(20)25-22(28)15-9-3-4-10-16(15)23-26-21(27-30-23)17-11-5-6-12-18(17)24/h3-14H,2H2,1H3,(H,25,28). The van der Waals surface area contributed by atoms with E-state index in [1.807, 2.05) is 19.1 Å². The zero-order valence-electron chi connectivity index (χ0n) is 16.1. The van der Waals surface area contributed by atoms with Gasteiger partial charge in [0, 0.05) is 0 Å². The Balaban J connectivity index is 1.66. The van der Waals surface area contributed by atoms with Crippen molar-refractivity contribution in [2.75, 3.05) is 11.9 Å². The second kappa shape index (κ2) is 8.57. The molecule has 3 aromatic carbocycles. The third kappa shape index (κ3) is 3.91. The lowest BCUT2D eigenvalue weighted by atomic mass is 10.1. The van der Waals surface area contributed by atoms with Crippen LogP contribution in [0.5, 0.6) is 5.75 Å². The highest BCUT2D eigenvalue weighted by atomic mass is 19.1. The molecule has 150 valence electrons. The van der Waals surface area contributed by atoms with Crippen molar-refractivity contribution >= 4 is 11.6 Å². The molecule has 0 saturated heterocycles. The number of nitrogens with zero attached hydrogens (tertiary/aromatic N) is 2. The van der Waals surface area contributed by atoms with E-state index >= 15 is 0 Å². The van der Waals surface area contributed by atoms with E-state index in [1.165, 1.54) is 6.07 Å². The highest BCUT2D eigenvalue weighted by Crippen LogP contribution is 2.28. The number of nitrogens with one attached hydrogen (secondary N) is 1. The minimum atomic E-state index is -0.455. The molecule has 0 atom stereocenters. The van der Waals surface area contributed by atoms with Gasteiger partial charge in [-0.15, -0.1) is 0 Å². The van der Waals surface area contributed by atoms with E-state index in [2.05, 4.69) is 15.5 Å². The predicted molar refractivity (Wildman–Crippen MR) is 111 cm³/mol. The number of aromatic nitrogens is 2. The molecule has 0 aliphatic rings. The number of carbonyl (C=O) groups excluding carboxylic acids is 1. The van der Waals surface area contributed by atoms with Crippen LogP contribution < -0.4 is 10.1 Å². The number of halogens is 1. The first kappa shape index (κ1) is 19.3. The Hall–Kier alpha value is -4.00. The fraction of sp³-hybridized carbons (Fsp3) is 0.0870. The van der Waals surface area contributed by atoms with Crippen LogP contribution in [-0.4, -0.2) is 22.7 Å². The molecule has 6 nitrogen and oxygen atoms in total. The fourth-order valence-electron chi connectivity index (χ4n) is 2.99. The van der Waals surface area contributed by atoms with Crippen molar-refractivity contribution in [2.24, 2.45) is 0 Å². The summed E-state index contributed by atoms with van der Waals surface area (Å²) >= 11 is 0. The third-order valence-corrected chi connectivity index (χ3v) is 4.38. The van der Waals surface area contributed by atoms with Crippen LogP contribution in [0.4, 0.5) is 10.1 Å². The Morgan fingerprint density at radius 3 is 2.50 bits per heavy atom. The summed E-state index contributed by atoms with van der Waals surface area (Å²) in [5, 5.41) is 6.72. The average Bonchev–Trinajstić information content (AvgIpc) is 3.25. The summed E-state index contributed by atoms with van der Waals surface area (Å²) in [4.78, 5) is 17.3. The molecule has 1 N–H and O–H groups in total. The normalized spacial score (nSPS) is 10.6. The van der Waals surface area contributed by atoms with E-state index in [0.29, 0.717) is 29.2 Å². The molecule has 0 unspecified atom stereocenters. The molecule has 1 heterocycles. The predicted octanol–water partition coefficient (Wildman–Crippen LogP) is 5.19. The summed E-state index contributed by atoms with van der Waals surface area (Å²) in [6.07, 6.45) is 0. The molecule has 0 fully saturated rings. The maximum Gasteiger partial charge on any atom is 0.259 e. The zero-order chi connectivity index (χ0) is 20.9. The summed E-state index contributed by atoms with van der Waals surface area (Å²) < 4.78 is 24.9. The SMILES string of the molecule is CCOc1ccccc1NC(=O)c1ccccc1-c1nc(-c2ccccc2F)no1. The van der Waals surface area contributed by atoms with E-state index in [-0.39, 0.29) is 23.2 Å². The Bertz CT molecular complexity index is 1190. The van der Waals surface area contributed by atoms with Gasteiger partial charge in [-0.3, -0.25) is 4.79 Å². The molecule has 1 aromatic heterocycles. The highest BCUT2D eigenvalue weighted by Gasteiger charge is 2.20. The second-order valence-electron chi connectivity index (χ2n) is 6.33. The van der Waals surface area contributed by atoms with Gasteiger partial charge < -0.3 is 14.6 Å². The smallest absolute Gasteiger partial charge is 0.259 e. The third-order valence-electron chi connectivity index (χ3n) is 4.38. The highest BCUT2D eigenvalue weighted by molar-refractivity contribution is 6.08. The number of para-hydroxylation sites is 2. The minimum Gasteiger partial charge on any atom is -0.492 e. The lowest BCUT2D eigenvalue weighted by Gasteiger charge is -2.12. The van der Waals surface area contributed by atoms with Gasteiger partial charge in [-0.2, -0.15) is 4.98 Å². The molecule has 1 amide bonds. The van der Waals surface area contributed by atoms with E-state index < -0.39 is 5.82 Å². The molecule has 7 heteroatoms. The largest absolute Gasteiger partial charge is 0.492 e. The summed E-state index contributed by atoms with van der Waals surface area (Å²) in [5.74, 6) is -0.00522. The summed E-state index contributed by atoms with van der Waals surface area (Å²) in [5.41, 5.74) is 1.56. The number of carbonyl (C=O) groups is 1. The van der Waals surface area contributed by atoms with Gasteiger partial charge in [0.1, 0.15) is 11.6 Å². The molecule has 0 aliphatic carbocycles. The van der Waals surface area contributed by atoms with Gasteiger partial charge in [0.2, 0.25) is 5.82 Å². The molecule has 4 rings (SSSR count). The van der Waals surface area contributed by atoms with Crippen molar-refractivity contribution in [1.29, 1.82) is 0 Å². The van der Waals surface area contributed by atoms with Crippen molar-refractivity contribution in [1.82, 2.24) is 10.1 Å². The molecule has 4 aromatic rings. The Morgan fingerprint density at radius 2 is 1.70 bits per heavy atom. The lowest BCUT2D eigenvalue weighted by Crippen LogP contribution is -2.14. The lowest BCUT2D eigenvalue weighted by molar-refractivity contribution is 0.102. The van der Waals surface area contributed by atoms with Crippen LogP contribution in [0.2, 0.25) is 0 Å². The second-order valence-corrected chi connectivity index (χ2v) is 6.33. The maximum atomic E-state index is 14.0. The number of benzene rings is 3. The fourth-order valence-corrected chi connectivity index (χ4v) is 2.99. The number of anilines is 1. The van der Waals surface area contributed by atoms with Gasteiger partial charge in [-0.25, -0.2) is 4.39 Å². The molecule has 30 heavy (non-hydrogen) atoms. The number of hydrogen-bond donors (Lipinski definition) is 1. The van der Waals surface area contributed by atoms with Gasteiger partial charge in [0.25, 0.3) is 11.8 Å². The molecular weight excluding hydrogens is 385 g/mol. The van der Waals surface area contributed by atoms with Crippen LogP contribution in [0.3, 0.4) is 0 Å². The molecule has 0 bridgehead atoms. The van der Waals surface area contributed by atoms with Crippen LogP contribution >= 0.6 is 0 Å². The minimum absolute atomic E-state index is 0.111. The quantitative estimate of drug-likeness (QED) is 0.479. The topological polar surface area (TPSA) is 77.2 Å². The van der Waals surface area contributed by atoms with Crippen LogP contribution in [0.1, 0.15) is 17.3 Å². The molecule has 0 spiro atoms. The molecule has 0 radical (unpaired) electrons. The van der Waals surface area contributed by atoms with Crippen molar-refractivity contribution in [2.45, 2.75) is 6.92 Å². The van der Waals surface area contributed by atoms with Gasteiger partial charge in [-0.05, 0) is 43.3 Å². The van der Waals surface area contributed by atoms with Crippen molar-refractivity contribution in [3.63, 3.8) is 0 Å². The van der Waals surface area contributed by atoms with Crippen molar-refractivity contribution in [3.8, 4) is 28.6 Å². The first-order chi connectivity index (χ1) is 14.7. The number of ether oxygens (including phenoxy) is 1. The van der Waals surface area contributed by atoms with Gasteiger partial charge in [0.15, 0.2) is 0 Å². The average molecular weight is 403 g/mol. The Morgan fingerprint density at radius 1 is 1.00 bits per heavy atom. The summed E-state index contributed by atoms with van der Waals surface area (Å²) in [6.45, 7) is 2.35. The van der Waals surface area contributed by atoms with Gasteiger partial charge in [0.05, 0.1) is 29.0 Å². The zero-order valence-corrected chi connectivity index (χ0v) is 16.1. The van der Waals surface area contributed by atoms with E-state index in [1.54, 1.807) is 54.6 Å². The Labute approximate surface area is 172 Å². The van der Waals surface area contributed by atoms with Gasteiger partial charge >= 0.3 is 0 Å². The van der Waals surface area contributed by atoms with Crippen molar-refractivity contribution < 1.29 is 18.4 Å². The Kier molecular flexibility index (Phi) is 5.52.